The normalized spacial score (nSPS) is 11.6. The molecule has 0 aliphatic heterocycles. The maximum Gasteiger partial charge on any atom is 0.270 e. The van der Waals surface area contributed by atoms with Crippen LogP contribution in [0, 0.1) is 17.0 Å². The zero-order valence-corrected chi connectivity index (χ0v) is 15.6. The fraction of sp³-hybridized carbons (Fsp3) is 0.0435. The highest BCUT2D eigenvalue weighted by atomic mass is 16.6. The van der Waals surface area contributed by atoms with Gasteiger partial charge in [0, 0.05) is 23.9 Å². The number of rotatable bonds is 5. The van der Waals surface area contributed by atoms with Crippen molar-refractivity contribution >= 4 is 34.8 Å². The van der Waals surface area contributed by atoms with Crippen LogP contribution in [0.2, 0.25) is 0 Å². The van der Waals surface area contributed by atoms with Crippen molar-refractivity contribution in [1.82, 2.24) is 4.98 Å². The lowest BCUT2D eigenvalue weighted by Crippen LogP contribution is -1.87. The summed E-state index contributed by atoms with van der Waals surface area (Å²) in [7, 11) is 0. The number of allylic oxidation sites excluding steroid dienone is 1. The molecular weight excluding hydrogens is 366 g/mol. The summed E-state index contributed by atoms with van der Waals surface area (Å²) >= 11 is 0. The molecule has 0 bridgehead atoms. The van der Waals surface area contributed by atoms with Crippen LogP contribution in [0.25, 0.3) is 28.6 Å². The van der Waals surface area contributed by atoms with Crippen molar-refractivity contribution in [2.45, 2.75) is 6.92 Å². The van der Waals surface area contributed by atoms with Crippen molar-refractivity contribution in [3.05, 3.63) is 94.0 Å². The lowest BCUT2D eigenvalue weighted by Gasteiger charge is -1.95. The molecule has 29 heavy (non-hydrogen) atoms. The van der Waals surface area contributed by atoms with E-state index in [2.05, 4.69) is 9.98 Å². The molecule has 0 unspecified atom stereocenters. The lowest BCUT2D eigenvalue weighted by atomic mass is 10.1. The van der Waals surface area contributed by atoms with Gasteiger partial charge in [-0.1, -0.05) is 35.9 Å². The molecule has 4 aromatic rings. The lowest BCUT2D eigenvalue weighted by molar-refractivity contribution is -0.384. The molecule has 0 spiro atoms. The van der Waals surface area contributed by atoms with Crippen LogP contribution in [0.3, 0.4) is 0 Å². The first-order valence-corrected chi connectivity index (χ1v) is 9.01. The Kier molecular flexibility index (Phi) is 4.99. The van der Waals surface area contributed by atoms with Crippen molar-refractivity contribution in [1.29, 1.82) is 0 Å². The summed E-state index contributed by atoms with van der Waals surface area (Å²) in [6.07, 6.45) is 5.14. The van der Waals surface area contributed by atoms with Gasteiger partial charge in [-0.25, -0.2) is 4.98 Å². The summed E-state index contributed by atoms with van der Waals surface area (Å²) in [5.41, 5.74) is 5.08. The van der Waals surface area contributed by atoms with Gasteiger partial charge >= 0.3 is 0 Å². The number of nitro groups is 1. The molecule has 0 atom stereocenters. The van der Waals surface area contributed by atoms with E-state index in [1.807, 2.05) is 49.4 Å². The quantitative estimate of drug-likeness (QED) is 0.236. The Labute approximate surface area is 167 Å². The van der Waals surface area contributed by atoms with Gasteiger partial charge in [-0.05, 0) is 48.9 Å². The first-order chi connectivity index (χ1) is 14.1. The van der Waals surface area contributed by atoms with Crippen LogP contribution >= 0.6 is 0 Å². The minimum atomic E-state index is -0.413. The summed E-state index contributed by atoms with van der Waals surface area (Å²) < 4.78 is 5.83. The van der Waals surface area contributed by atoms with Gasteiger partial charge < -0.3 is 4.42 Å². The van der Waals surface area contributed by atoms with E-state index in [1.54, 1.807) is 30.5 Å². The molecule has 0 aliphatic carbocycles. The Hall–Kier alpha value is -4.06. The summed E-state index contributed by atoms with van der Waals surface area (Å²) in [6, 6.07) is 20.0. The van der Waals surface area contributed by atoms with Gasteiger partial charge in [-0.2, -0.15) is 0 Å². The third-order valence-corrected chi connectivity index (χ3v) is 4.35. The molecule has 6 nitrogen and oxygen atoms in total. The van der Waals surface area contributed by atoms with E-state index in [9.17, 15) is 10.1 Å². The molecule has 0 saturated heterocycles. The molecule has 142 valence electrons. The van der Waals surface area contributed by atoms with Gasteiger partial charge in [0.2, 0.25) is 5.89 Å². The zero-order valence-electron chi connectivity index (χ0n) is 15.6. The summed E-state index contributed by atoms with van der Waals surface area (Å²) in [4.78, 5) is 19.4. The molecule has 1 heterocycles. The van der Waals surface area contributed by atoms with Crippen molar-refractivity contribution in [2.75, 3.05) is 0 Å². The monoisotopic (exact) mass is 383 g/mol. The highest BCUT2D eigenvalue weighted by molar-refractivity contribution is 5.84. The van der Waals surface area contributed by atoms with E-state index < -0.39 is 4.92 Å². The number of fused-ring (bicyclic) bond motifs is 1. The van der Waals surface area contributed by atoms with Crippen molar-refractivity contribution in [3.8, 4) is 11.5 Å². The van der Waals surface area contributed by atoms with Crippen molar-refractivity contribution in [2.24, 2.45) is 4.99 Å². The Morgan fingerprint density at radius 2 is 1.90 bits per heavy atom. The molecule has 0 aliphatic rings. The number of aryl methyl sites for hydroxylation is 1. The van der Waals surface area contributed by atoms with E-state index in [-0.39, 0.29) is 5.69 Å². The third-order valence-electron chi connectivity index (χ3n) is 4.35. The van der Waals surface area contributed by atoms with Gasteiger partial charge in [0.15, 0.2) is 5.58 Å². The smallest absolute Gasteiger partial charge is 0.270 e. The molecular formula is C23H17N3O3. The summed E-state index contributed by atoms with van der Waals surface area (Å²) in [5.74, 6) is 0.576. The number of non-ortho nitro benzene ring substituents is 1. The molecule has 1 aromatic heterocycles. The van der Waals surface area contributed by atoms with Crippen LogP contribution in [0.4, 0.5) is 11.4 Å². The highest BCUT2D eigenvalue weighted by Crippen LogP contribution is 2.27. The maximum atomic E-state index is 10.8. The van der Waals surface area contributed by atoms with Gasteiger partial charge in [-0.3, -0.25) is 15.1 Å². The van der Waals surface area contributed by atoms with E-state index in [1.165, 1.54) is 17.7 Å². The predicted octanol–water partition coefficient (Wildman–Crippen LogP) is 6.13. The Morgan fingerprint density at radius 1 is 1.07 bits per heavy atom. The summed E-state index contributed by atoms with van der Waals surface area (Å²) in [5, 5.41) is 10.8. The molecule has 6 heteroatoms. The number of oxazole rings is 1. The number of aromatic nitrogens is 1. The minimum Gasteiger partial charge on any atom is -0.436 e. The van der Waals surface area contributed by atoms with E-state index in [0.717, 1.165) is 22.3 Å². The topological polar surface area (TPSA) is 81.5 Å². The number of nitrogens with zero attached hydrogens (tertiary/aromatic N) is 3. The minimum absolute atomic E-state index is 0.0601. The van der Waals surface area contributed by atoms with E-state index in [0.29, 0.717) is 11.5 Å². The first kappa shape index (κ1) is 18.3. The highest BCUT2D eigenvalue weighted by Gasteiger charge is 2.08. The Morgan fingerprint density at radius 3 is 2.69 bits per heavy atom. The zero-order chi connectivity index (χ0) is 20.2. The predicted molar refractivity (Wildman–Crippen MR) is 114 cm³/mol. The summed E-state index contributed by atoms with van der Waals surface area (Å²) in [6.45, 7) is 2.04. The largest absolute Gasteiger partial charge is 0.436 e. The standard InChI is InChI=1S/C23H17N3O3/c1-16-7-9-18(10-8-16)23-25-21-15-19(11-12-22(21)29-23)24-13-3-5-17-4-2-6-20(14-17)26(27)28/h2-15H,1H3/b5-3+,24-13?. The van der Waals surface area contributed by atoms with Gasteiger partial charge in [-0.15, -0.1) is 0 Å². The maximum absolute atomic E-state index is 10.8. The van der Waals surface area contributed by atoms with Gasteiger partial charge in [0.05, 0.1) is 10.6 Å². The van der Waals surface area contributed by atoms with Crippen molar-refractivity contribution in [3.63, 3.8) is 0 Å². The molecule has 4 rings (SSSR count). The number of nitro benzene ring substituents is 1. The van der Waals surface area contributed by atoms with Gasteiger partial charge in [0.1, 0.15) is 5.52 Å². The molecule has 0 saturated carbocycles. The number of benzene rings is 3. The molecule has 0 radical (unpaired) electrons. The van der Waals surface area contributed by atoms with E-state index >= 15 is 0 Å². The second kappa shape index (κ2) is 7.90. The Balaban J connectivity index is 1.51. The van der Waals surface area contributed by atoms with Crippen LogP contribution in [-0.2, 0) is 0 Å². The fourth-order valence-corrected chi connectivity index (χ4v) is 2.84. The van der Waals surface area contributed by atoms with Crippen LogP contribution < -0.4 is 0 Å². The SMILES string of the molecule is Cc1ccc(-c2nc3cc(N=C/C=C/c4cccc([N+](=O)[O-])c4)ccc3o2)cc1. The second-order valence-electron chi connectivity index (χ2n) is 6.53. The second-order valence-corrected chi connectivity index (χ2v) is 6.53. The molecule has 0 N–H and O–H groups in total. The third kappa shape index (κ3) is 4.27. The Bertz CT molecular complexity index is 1240. The molecule has 3 aromatic carbocycles. The van der Waals surface area contributed by atoms with Crippen LogP contribution in [-0.4, -0.2) is 16.1 Å². The van der Waals surface area contributed by atoms with Crippen LogP contribution in [0.5, 0.6) is 0 Å². The average molecular weight is 383 g/mol. The first-order valence-electron chi connectivity index (χ1n) is 9.01. The number of aliphatic imine (C=N–C) groups is 1. The molecule has 0 fully saturated rings. The number of hydrogen-bond acceptors (Lipinski definition) is 5. The van der Waals surface area contributed by atoms with Crippen molar-refractivity contribution < 1.29 is 9.34 Å². The number of hydrogen-bond donors (Lipinski definition) is 0. The fourth-order valence-electron chi connectivity index (χ4n) is 2.84. The van der Waals surface area contributed by atoms with Crippen LogP contribution in [0.1, 0.15) is 11.1 Å². The average Bonchev–Trinajstić information content (AvgIpc) is 3.15. The van der Waals surface area contributed by atoms with E-state index in [4.69, 9.17) is 4.42 Å². The van der Waals surface area contributed by atoms with Crippen LogP contribution in [0.15, 0.2) is 82.2 Å². The molecule has 0 amide bonds. The van der Waals surface area contributed by atoms with Gasteiger partial charge in [0.25, 0.3) is 5.69 Å².